The molecule has 0 saturated carbocycles. The van der Waals surface area contributed by atoms with Crippen molar-refractivity contribution in [2.45, 2.75) is 6.92 Å². The van der Waals surface area contributed by atoms with Crippen molar-refractivity contribution in [3.8, 4) is 6.07 Å². The maximum Gasteiger partial charge on any atom is 0.207 e. The Morgan fingerprint density at radius 2 is 2.06 bits per heavy atom. The molecule has 1 aromatic carbocycles. The van der Waals surface area contributed by atoms with E-state index in [4.69, 9.17) is 5.26 Å². The molecule has 0 aliphatic rings. The first-order chi connectivity index (χ1) is 8.06. The number of benzene rings is 1. The second-order valence-corrected chi connectivity index (χ2v) is 4.16. The van der Waals surface area contributed by atoms with Crippen LogP contribution in [-0.4, -0.2) is 19.1 Å². The summed E-state index contributed by atoms with van der Waals surface area (Å²) in [6.07, 6.45) is 0. The number of fused-ring (bicyclic) bond motifs is 1. The third-order valence-electron chi connectivity index (χ3n) is 2.80. The SMILES string of the molecule is Cc1[nH]c2c(N(C)C)cccc2c(=O)c1C#N. The minimum atomic E-state index is -0.206. The minimum absolute atomic E-state index is 0.188. The number of pyridine rings is 1. The summed E-state index contributed by atoms with van der Waals surface area (Å²) in [5.41, 5.74) is 2.31. The largest absolute Gasteiger partial charge is 0.376 e. The number of rotatable bonds is 1. The molecule has 0 bridgehead atoms. The maximum absolute atomic E-state index is 12.1. The van der Waals surface area contributed by atoms with Gasteiger partial charge in [0.25, 0.3) is 0 Å². The van der Waals surface area contributed by atoms with Crippen molar-refractivity contribution >= 4 is 16.6 Å². The van der Waals surface area contributed by atoms with Crippen LogP contribution < -0.4 is 10.3 Å². The Labute approximate surface area is 99.1 Å². The van der Waals surface area contributed by atoms with Gasteiger partial charge in [0.05, 0.1) is 11.2 Å². The average Bonchev–Trinajstić information content (AvgIpc) is 2.28. The van der Waals surface area contributed by atoms with E-state index < -0.39 is 0 Å². The molecule has 1 N–H and O–H groups in total. The van der Waals surface area contributed by atoms with E-state index in [0.29, 0.717) is 11.1 Å². The molecule has 4 nitrogen and oxygen atoms in total. The summed E-state index contributed by atoms with van der Waals surface area (Å²) >= 11 is 0. The first-order valence-corrected chi connectivity index (χ1v) is 5.29. The van der Waals surface area contributed by atoms with Crippen molar-refractivity contribution in [1.82, 2.24) is 4.98 Å². The van der Waals surface area contributed by atoms with E-state index in [1.165, 1.54) is 0 Å². The van der Waals surface area contributed by atoms with Crippen LogP contribution in [0.4, 0.5) is 5.69 Å². The molecule has 1 aromatic heterocycles. The molecule has 0 aliphatic heterocycles. The highest BCUT2D eigenvalue weighted by Crippen LogP contribution is 2.22. The molecule has 4 heteroatoms. The maximum atomic E-state index is 12.1. The molecule has 17 heavy (non-hydrogen) atoms. The Morgan fingerprint density at radius 1 is 1.35 bits per heavy atom. The fraction of sp³-hybridized carbons (Fsp3) is 0.231. The number of nitrogens with zero attached hydrogens (tertiary/aromatic N) is 2. The number of para-hydroxylation sites is 1. The number of nitriles is 1. The van der Waals surface area contributed by atoms with Gasteiger partial charge in [-0.2, -0.15) is 5.26 Å². The molecule has 1 heterocycles. The second kappa shape index (κ2) is 3.95. The zero-order valence-electron chi connectivity index (χ0n) is 10.0. The molecular weight excluding hydrogens is 214 g/mol. The van der Waals surface area contributed by atoms with Crippen molar-refractivity contribution in [2.24, 2.45) is 0 Å². The van der Waals surface area contributed by atoms with Gasteiger partial charge in [0.2, 0.25) is 5.43 Å². The lowest BCUT2D eigenvalue weighted by atomic mass is 10.1. The number of aryl methyl sites for hydroxylation is 1. The zero-order valence-corrected chi connectivity index (χ0v) is 10.0. The smallest absolute Gasteiger partial charge is 0.207 e. The molecule has 2 rings (SSSR count). The van der Waals surface area contributed by atoms with Gasteiger partial charge < -0.3 is 9.88 Å². The van der Waals surface area contributed by atoms with Crippen molar-refractivity contribution in [2.75, 3.05) is 19.0 Å². The zero-order chi connectivity index (χ0) is 12.6. The number of hydrogen-bond acceptors (Lipinski definition) is 3. The van der Waals surface area contributed by atoms with Crippen molar-refractivity contribution in [3.63, 3.8) is 0 Å². The minimum Gasteiger partial charge on any atom is -0.376 e. The van der Waals surface area contributed by atoms with Crippen LogP contribution in [0.2, 0.25) is 0 Å². The van der Waals surface area contributed by atoms with Gasteiger partial charge in [0, 0.05) is 25.2 Å². The van der Waals surface area contributed by atoms with Crippen molar-refractivity contribution in [1.29, 1.82) is 5.26 Å². The number of hydrogen-bond donors (Lipinski definition) is 1. The lowest BCUT2D eigenvalue weighted by molar-refractivity contribution is 1.12. The number of aromatic nitrogens is 1. The van der Waals surface area contributed by atoms with E-state index in [9.17, 15) is 4.79 Å². The average molecular weight is 227 g/mol. The molecule has 0 amide bonds. The molecular formula is C13H13N3O. The molecule has 0 saturated heterocycles. The van der Waals surface area contributed by atoms with Crippen LogP contribution in [0.3, 0.4) is 0 Å². The highest BCUT2D eigenvalue weighted by atomic mass is 16.1. The van der Waals surface area contributed by atoms with Crippen LogP contribution in [0.1, 0.15) is 11.3 Å². The summed E-state index contributed by atoms with van der Waals surface area (Å²) in [6, 6.07) is 7.44. The van der Waals surface area contributed by atoms with Crippen LogP contribution in [0.25, 0.3) is 10.9 Å². The summed E-state index contributed by atoms with van der Waals surface area (Å²) in [7, 11) is 3.83. The summed E-state index contributed by atoms with van der Waals surface area (Å²) < 4.78 is 0. The van der Waals surface area contributed by atoms with E-state index in [-0.39, 0.29) is 11.0 Å². The lowest BCUT2D eigenvalue weighted by Gasteiger charge is -2.15. The van der Waals surface area contributed by atoms with Gasteiger partial charge in [-0.15, -0.1) is 0 Å². The molecule has 0 aliphatic carbocycles. The Kier molecular flexibility index (Phi) is 2.60. The second-order valence-electron chi connectivity index (χ2n) is 4.16. The number of aromatic amines is 1. The normalized spacial score (nSPS) is 10.2. The van der Waals surface area contributed by atoms with Gasteiger partial charge in [-0.05, 0) is 19.1 Å². The monoisotopic (exact) mass is 227 g/mol. The fourth-order valence-corrected chi connectivity index (χ4v) is 1.92. The van der Waals surface area contributed by atoms with Crippen LogP contribution in [-0.2, 0) is 0 Å². The number of anilines is 1. The summed E-state index contributed by atoms with van der Waals surface area (Å²) in [5, 5.41) is 9.51. The van der Waals surface area contributed by atoms with E-state index in [0.717, 1.165) is 11.2 Å². The van der Waals surface area contributed by atoms with Crippen LogP contribution in [0.15, 0.2) is 23.0 Å². The van der Waals surface area contributed by atoms with Gasteiger partial charge >= 0.3 is 0 Å². The van der Waals surface area contributed by atoms with Gasteiger partial charge in [0.1, 0.15) is 11.6 Å². The van der Waals surface area contributed by atoms with Gasteiger partial charge in [-0.25, -0.2) is 0 Å². The van der Waals surface area contributed by atoms with E-state index in [1.807, 2.05) is 37.2 Å². The molecule has 0 atom stereocenters. The van der Waals surface area contributed by atoms with Crippen LogP contribution in [0.5, 0.6) is 0 Å². The Bertz CT molecular complexity index is 677. The first-order valence-electron chi connectivity index (χ1n) is 5.29. The number of nitrogens with one attached hydrogen (secondary N) is 1. The molecule has 0 radical (unpaired) electrons. The summed E-state index contributed by atoms with van der Waals surface area (Å²) in [4.78, 5) is 17.2. The van der Waals surface area contributed by atoms with E-state index >= 15 is 0 Å². The first kappa shape index (κ1) is 11.2. The molecule has 0 fully saturated rings. The quantitative estimate of drug-likeness (QED) is 0.807. The fourth-order valence-electron chi connectivity index (χ4n) is 1.92. The molecule has 86 valence electrons. The third kappa shape index (κ3) is 1.66. The van der Waals surface area contributed by atoms with E-state index in [2.05, 4.69) is 4.98 Å². The third-order valence-corrected chi connectivity index (χ3v) is 2.80. The molecule has 2 aromatic rings. The lowest BCUT2D eigenvalue weighted by Crippen LogP contribution is -2.14. The Balaban J connectivity index is 2.97. The van der Waals surface area contributed by atoms with Crippen LogP contribution >= 0.6 is 0 Å². The topological polar surface area (TPSA) is 59.9 Å². The highest BCUT2D eigenvalue weighted by molar-refractivity contribution is 5.91. The van der Waals surface area contributed by atoms with Gasteiger partial charge in [-0.1, -0.05) is 6.07 Å². The Hall–Kier alpha value is -2.28. The van der Waals surface area contributed by atoms with Gasteiger partial charge in [-0.3, -0.25) is 4.79 Å². The van der Waals surface area contributed by atoms with E-state index in [1.54, 1.807) is 13.0 Å². The predicted molar refractivity (Wildman–Crippen MR) is 68.3 cm³/mol. The highest BCUT2D eigenvalue weighted by Gasteiger charge is 2.11. The van der Waals surface area contributed by atoms with Crippen LogP contribution in [0, 0.1) is 18.3 Å². The Morgan fingerprint density at radius 3 is 2.65 bits per heavy atom. The summed E-state index contributed by atoms with van der Waals surface area (Å²) in [6.45, 7) is 1.74. The molecule has 0 spiro atoms. The number of H-pyrrole nitrogens is 1. The predicted octanol–water partition coefficient (Wildman–Crippen LogP) is 1.77. The van der Waals surface area contributed by atoms with Crippen molar-refractivity contribution < 1.29 is 0 Å². The molecule has 0 unspecified atom stereocenters. The summed E-state index contributed by atoms with van der Waals surface area (Å²) in [5.74, 6) is 0. The standard InChI is InChI=1S/C13H13N3O/c1-8-10(7-14)13(17)9-5-4-6-11(16(2)3)12(9)15-8/h4-6H,1-3H3,(H,15,17). The van der Waals surface area contributed by atoms with Gasteiger partial charge in [0.15, 0.2) is 0 Å². The van der Waals surface area contributed by atoms with Crippen molar-refractivity contribution in [3.05, 3.63) is 39.7 Å².